The second-order valence-electron chi connectivity index (χ2n) is 3.25. The van der Waals surface area contributed by atoms with Crippen LogP contribution >= 0.6 is 0 Å². The number of carbonyl (C=O) groups is 3. The predicted molar refractivity (Wildman–Crippen MR) is 59.8 cm³/mol. The number of nitrogens with two attached hydrogens (primary N) is 1. The smallest absolute Gasteiger partial charge is 0.326 e. The average molecular weight is 241 g/mol. The van der Waals surface area contributed by atoms with Crippen LogP contribution in [0.4, 0.5) is 4.79 Å². The second-order valence-corrected chi connectivity index (χ2v) is 3.25. The van der Waals surface area contributed by atoms with Crippen LogP contribution in [0.25, 0.3) is 0 Å². The van der Waals surface area contributed by atoms with Crippen molar-refractivity contribution >= 4 is 17.9 Å². The molecule has 1 atom stereocenters. The van der Waals surface area contributed by atoms with Gasteiger partial charge in [0.05, 0.1) is 0 Å². The van der Waals surface area contributed by atoms with Gasteiger partial charge in [0.2, 0.25) is 5.91 Å². The fourth-order valence-electron chi connectivity index (χ4n) is 1.00. The molecule has 0 rings (SSSR count). The zero-order valence-electron chi connectivity index (χ0n) is 9.23. The topological polar surface area (TPSA) is 122 Å². The van der Waals surface area contributed by atoms with Crippen LogP contribution in [0.15, 0.2) is 0 Å². The number of rotatable bonds is 7. The molecule has 17 heavy (non-hydrogen) atoms. The van der Waals surface area contributed by atoms with Gasteiger partial charge in [0.15, 0.2) is 0 Å². The van der Waals surface area contributed by atoms with E-state index in [0.717, 1.165) is 0 Å². The molecule has 0 aromatic heterocycles. The van der Waals surface area contributed by atoms with Gasteiger partial charge in [-0.05, 0) is 6.42 Å². The number of amides is 3. The highest BCUT2D eigenvalue weighted by molar-refractivity contribution is 5.83. The third kappa shape index (κ3) is 7.67. The van der Waals surface area contributed by atoms with Crippen molar-refractivity contribution in [2.75, 3.05) is 6.54 Å². The van der Waals surface area contributed by atoms with Crippen LogP contribution in [0.1, 0.15) is 19.3 Å². The highest BCUT2D eigenvalue weighted by atomic mass is 16.4. The summed E-state index contributed by atoms with van der Waals surface area (Å²) in [4.78, 5) is 32.5. The average Bonchev–Trinajstić information content (AvgIpc) is 2.23. The fourth-order valence-corrected chi connectivity index (χ4v) is 1.00. The summed E-state index contributed by atoms with van der Waals surface area (Å²) >= 11 is 0. The number of nitrogens with one attached hydrogen (secondary N) is 2. The van der Waals surface area contributed by atoms with Gasteiger partial charge in [-0.15, -0.1) is 12.3 Å². The molecule has 7 heteroatoms. The fraction of sp³-hybridized carbons (Fsp3) is 0.500. The molecule has 0 aliphatic heterocycles. The van der Waals surface area contributed by atoms with Crippen LogP contribution in [0.5, 0.6) is 0 Å². The minimum absolute atomic E-state index is 0.0484. The zero-order chi connectivity index (χ0) is 13.3. The Balaban J connectivity index is 4.07. The number of carbonyl (C=O) groups excluding carboxylic acids is 2. The lowest BCUT2D eigenvalue weighted by molar-refractivity contribution is -0.139. The van der Waals surface area contributed by atoms with Gasteiger partial charge in [0.1, 0.15) is 6.04 Å². The molecule has 0 aliphatic rings. The first-order valence-corrected chi connectivity index (χ1v) is 4.96. The molecule has 0 aromatic carbocycles. The Hall–Kier alpha value is -2.23. The number of hydrogen-bond donors (Lipinski definition) is 4. The van der Waals surface area contributed by atoms with Crippen LogP contribution in [0.3, 0.4) is 0 Å². The van der Waals surface area contributed by atoms with E-state index in [2.05, 4.69) is 16.6 Å². The SMILES string of the molecule is C#CCCNC(=O)N[C@@H](CCC(N)=O)C(=O)O. The molecule has 0 bridgehead atoms. The van der Waals surface area contributed by atoms with Crippen molar-refractivity contribution < 1.29 is 19.5 Å². The normalized spacial score (nSPS) is 11.0. The molecule has 0 spiro atoms. The monoisotopic (exact) mass is 241 g/mol. The summed E-state index contributed by atoms with van der Waals surface area (Å²) in [6.07, 6.45) is 5.17. The number of urea groups is 1. The first kappa shape index (κ1) is 14.8. The van der Waals surface area contributed by atoms with Gasteiger partial charge in [-0.25, -0.2) is 9.59 Å². The molecule has 0 aliphatic carbocycles. The van der Waals surface area contributed by atoms with Crippen LogP contribution in [-0.4, -0.2) is 35.6 Å². The van der Waals surface area contributed by atoms with Gasteiger partial charge in [-0.3, -0.25) is 4.79 Å². The summed E-state index contributed by atoms with van der Waals surface area (Å²) in [6.45, 7) is 0.254. The van der Waals surface area contributed by atoms with E-state index in [-0.39, 0.29) is 19.4 Å². The first-order valence-electron chi connectivity index (χ1n) is 4.96. The molecule has 94 valence electrons. The van der Waals surface area contributed by atoms with Gasteiger partial charge in [-0.1, -0.05) is 0 Å². The standard InChI is InChI=1S/C10H15N3O4/c1-2-3-6-12-10(17)13-7(9(15)16)4-5-8(11)14/h1,7H,3-6H2,(H2,11,14)(H,15,16)(H2,12,13,17)/t7-/m0/s1. The molecule has 3 amide bonds. The quantitative estimate of drug-likeness (QED) is 0.338. The number of aliphatic carboxylic acids is 1. The first-order chi connectivity index (χ1) is 7.97. The van der Waals surface area contributed by atoms with E-state index in [1.54, 1.807) is 0 Å². The van der Waals surface area contributed by atoms with E-state index in [4.69, 9.17) is 17.3 Å². The maximum Gasteiger partial charge on any atom is 0.326 e. The molecule has 0 heterocycles. The number of carboxylic acid groups (broad SMARTS) is 1. The van der Waals surface area contributed by atoms with E-state index >= 15 is 0 Å². The lowest BCUT2D eigenvalue weighted by Crippen LogP contribution is -2.46. The predicted octanol–water partition coefficient (Wildman–Crippen LogP) is -0.972. The molecule has 7 nitrogen and oxygen atoms in total. The van der Waals surface area contributed by atoms with Gasteiger partial charge in [0, 0.05) is 19.4 Å². The lowest BCUT2D eigenvalue weighted by Gasteiger charge is -2.13. The van der Waals surface area contributed by atoms with Crippen molar-refractivity contribution in [1.82, 2.24) is 10.6 Å². The summed E-state index contributed by atoms with van der Waals surface area (Å²) in [7, 11) is 0. The van der Waals surface area contributed by atoms with Gasteiger partial charge in [0.25, 0.3) is 0 Å². The Labute approximate surface area is 98.7 Å². The molecule has 0 aromatic rings. The van der Waals surface area contributed by atoms with Crippen LogP contribution in [-0.2, 0) is 9.59 Å². The second kappa shape index (κ2) is 7.98. The van der Waals surface area contributed by atoms with Crippen molar-refractivity contribution in [3.63, 3.8) is 0 Å². The van der Waals surface area contributed by atoms with Gasteiger partial charge >= 0.3 is 12.0 Å². The highest BCUT2D eigenvalue weighted by Gasteiger charge is 2.19. The van der Waals surface area contributed by atoms with E-state index < -0.39 is 23.9 Å². The largest absolute Gasteiger partial charge is 0.480 e. The van der Waals surface area contributed by atoms with Crippen molar-refractivity contribution in [1.29, 1.82) is 0 Å². The summed E-state index contributed by atoms with van der Waals surface area (Å²) < 4.78 is 0. The third-order valence-corrected chi connectivity index (χ3v) is 1.84. The van der Waals surface area contributed by atoms with Crippen molar-refractivity contribution in [2.24, 2.45) is 5.73 Å². The Kier molecular flexibility index (Phi) is 6.94. The number of hydrogen-bond acceptors (Lipinski definition) is 3. The molecule has 0 saturated carbocycles. The summed E-state index contributed by atoms with van der Waals surface area (Å²) in [5, 5.41) is 13.4. The number of primary amides is 1. The van der Waals surface area contributed by atoms with Crippen molar-refractivity contribution in [2.45, 2.75) is 25.3 Å². The van der Waals surface area contributed by atoms with Crippen LogP contribution < -0.4 is 16.4 Å². The number of carboxylic acids is 1. The molecular weight excluding hydrogens is 226 g/mol. The van der Waals surface area contributed by atoms with E-state index in [0.29, 0.717) is 6.42 Å². The van der Waals surface area contributed by atoms with E-state index in [1.165, 1.54) is 0 Å². The lowest BCUT2D eigenvalue weighted by atomic mass is 10.1. The maximum atomic E-state index is 11.2. The molecule has 0 saturated heterocycles. The zero-order valence-corrected chi connectivity index (χ0v) is 9.23. The van der Waals surface area contributed by atoms with E-state index in [9.17, 15) is 14.4 Å². The molecule has 5 N–H and O–H groups in total. The minimum Gasteiger partial charge on any atom is -0.480 e. The Morgan fingerprint density at radius 2 is 2.06 bits per heavy atom. The molecule has 0 radical (unpaired) electrons. The summed E-state index contributed by atoms with van der Waals surface area (Å²) in [5.74, 6) is 0.476. The Morgan fingerprint density at radius 3 is 2.53 bits per heavy atom. The van der Waals surface area contributed by atoms with Crippen molar-refractivity contribution in [3.05, 3.63) is 0 Å². The third-order valence-electron chi connectivity index (χ3n) is 1.84. The van der Waals surface area contributed by atoms with Crippen molar-refractivity contribution in [3.8, 4) is 12.3 Å². The number of terminal acetylenes is 1. The molecular formula is C10H15N3O4. The summed E-state index contributed by atoms with van der Waals surface area (Å²) in [6, 6.07) is -1.79. The highest BCUT2D eigenvalue weighted by Crippen LogP contribution is 1.97. The minimum atomic E-state index is -1.22. The van der Waals surface area contributed by atoms with E-state index in [1.807, 2.05) is 0 Å². The van der Waals surface area contributed by atoms with Gasteiger partial charge < -0.3 is 21.5 Å². The molecule has 0 unspecified atom stereocenters. The Morgan fingerprint density at radius 1 is 1.41 bits per heavy atom. The molecule has 0 fully saturated rings. The van der Waals surface area contributed by atoms with Gasteiger partial charge in [-0.2, -0.15) is 0 Å². The van der Waals surface area contributed by atoms with Crippen LogP contribution in [0.2, 0.25) is 0 Å². The summed E-state index contributed by atoms with van der Waals surface area (Å²) in [5.41, 5.74) is 4.89. The van der Waals surface area contributed by atoms with Crippen LogP contribution in [0, 0.1) is 12.3 Å². The Bertz CT molecular complexity index is 335. The maximum absolute atomic E-state index is 11.2.